The number of rotatable bonds is 3. The van der Waals surface area contributed by atoms with Gasteiger partial charge < -0.3 is 9.42 Å². The summed E-state index contributed by atoms with van der Waals surface area (Å²) in [6.07, 6.45) is 2.55. The van der Waals surface area contributed by atoms with Crippen molar-refractivity contribution in [2.24, 2.45) is 5.92 Å². The van der Waals surface area contributed by atoms with Gasteiger partial charge in [-0.1, -0.05) is 42.4 Å². The van der Waals surface area contributed by atoms with Crippen molar-refractivity contribution in [1.29, 1.82) is 0 Å². The van der Waals surface area contributed by atoms with Crippen molar-refractivity contribution < 1.29 is 4.52 Å². The minimum atomic E-state index is 0.185. The van der Waals surface area contributed by atoms with Crippen molar-refractivity contribution in [3.05, 3.63) is 47.6 Å². The third-order valence-electron chi connectivity index (χ3n) is 5.12. The van der Waals surface area contributed by atoms with Crippen LogP contribution in [0.25, 0.3) is 0 Å². The maximum absolute atomic E-state index is 5.61. The molecular weight excluding hydrogens is 262 g/mol. The van der Waals surface area contributed by atoms with Gasteiger partial charge in [-0.25, -0.2) is 0 Å². The van der Waals surface area contributed by atoms with Crippen LogP contribution >= 0.6 is 0 Å². The summed E-state index contributed by atoms with van der Waals surface area (Å²) in [7, 11) is 0. The first-order valence-corrected chi connectivity index (χ1v) is 7.92. The molecule has 5 rings (SSSR count). The Hall–Kier alpha value is -1.68. The minimum Gasteiger partial charge on any atom is -0.339 e. The van der Waals surface area contributed by atoms with Crippen molar-refractivity contribution in [2.75, 3.05) is 19.6 Å². The van der Waals surface area contributed by atoms with Gasteiger partial charge in [-0.2, -0.15) is 4.98 Å². The Kier molecular flexibility index (Phi) is 3.26. The van der Waals surface area contributed by atoms with Crippen molar-refractivity contribution in [2.45, 2.75) is 31.6 Å². The molecule has 2 unspecified atom stereocenters. The summed E-state index contributed by atoms with van der Waals surface area (Å²) in [5.74, 6) is 3.02. The molecule has 21 heavy (non-hydrogen) atoms. The fourth-order valence-electron chi connectivity index (χ4n) is 3.71. The first kappa shape index (κ1) is 13.0. The Balaban J connectivity index is 1.56. The number of benzene rings is 1. The molecule has 3 saturated heterocycles. The largest absolute Gasteiger partial charge is 0.339 e. The van der Waals surface area contributed by atoms with Gasteiger partial charge >= 0.3 is 0 Å². The van der Waals surface area contributed by atoms with E-state index in [-0.39, 0.29) is 5.92 Å². The molecule has 3 aliphatic rings. The van der Waals surface area contributed by atoms with Gasteiger partial charge in [-0.15, -0.1) is 0 Å². The van der Waals surface area contributed by atoms with Gasteiger partial charge in [0.25, 0.3) is 0 Å². The molecule has 3 aliphatic heterocycles. The van der Waals surface area contributed by atoms with E-state index in [0.717, 1.165) is 24.2 Å². The van der Waals surface area contributed by atoms with Crippen LogP contribution in [-0.4, -0.2) is 34.7 Å². The zero-order valence-electron chi connectivity index (χ0n) is 12.4. The summed E-state index contributed by atoms with van der Waals surface area (Å²) >= 11 is 0. The molecule has 4 heteroatoms. The molecule has 2 aromatic rings. The third-order valence-corrected chi connectivity index (χ3v) is 5.12. The molecule has 0 aliphatic carbocycles. The number of hydrogen-bond acceptors (Lipinski definition) is 4. The standard InChI is InChI=1S/C17H21N3O/c1-12(13-5-3-2-4-6-13)16-18-17(21-19-16)15-11-20-9-7-14(15)8-10-20/h2-6,12,14-15H,7-11H2,1H3. The molecule has 1 aromatic heterocycles. The van der Waals surface area contributed by atoms with Crippen molar-refractivity contribution >= 4 is 0 Å². The second-order valence-electron chi connectivity index (χ2n) is 6.37. The van der Waals surface area contributed by atoms with Gasteiger partial charge in [0.15, 0.2) is 5.82 Å². The Morgan fingerprint density at radius 3 is 2.62 bits per heavy atom. The lowest BCUT2D eigenvalue weighted by molar-refractivity contribution is 0.0727. The normalized spacial score (nSPS) is 29.5. The maximum Gasteiger partial charge on any atom is 0.231 e. The number of hydrogen-bond donors (Lipinski definition) is 0. The maximum atomic E-state index is 5.61. The van der Waals surface area contributed by atoms with Gasteiger partial charge in [-0.05, 0) is 37.4 Å². The number of nitrogens with zero attached hydrogens (tertiary/aromatic N) is 3. The van der Waals surface area contributed by atoms with E-state index in [1.54, 1.807) is 0 Å². The summed E-state index contributed by atoms with van der Waals surface area (Å²) in [6, 6.07) is 10.4. The smallest absolute Gasteiger partial charge is 0.231 e. The summed E-state index contributed by atoms with van der Waals surface area (Å²) in [5, 5.41) is 4.25. The average Bonchev–Trinajstić information content (AvgIpc) is 3.06. The minimum absolute atomic E-state index is 0.185. The highest BCUT2D eigenvalue weighted by Crippen LogP contribution is 2.38. The fourth-order valence-corrected chi connectivity index (χ4v) is 3.71. The average molecular weight is 283 g/mol. The molecule has 2 atom stereocenters. The number of piperidine rings is 3. The Bertz CT molecular complexity index is 602. The summed E-state index contributed by atoms with van der Waals surface area (Å²) in [6.45, 7) is 5.71. The fraction of sp³-hybridized carbons (Fsp3) is 0.529. The van der Waals surface area contributed by atoms with Crippen molar-refractivity contribution in [1.82, 2.24) is 15.0 Å². The second kappa shape index (κ2) is 5.26. The van der Waals surface area contributed by atoms with E-state index in [4.69, 9.17) is 9.51 Å². The Morgan fingerprint density at radius 2 is 1.95 bits per heavy atom. The summed E-state index contributed by atoms with van der Waals surface area (Å²) in [5.41, 5.74) is 1.23. The van der Waals surface area contributed by atoms with E-state index in [0.29, 0.717) is 5.92 Å². The van der Waals surface area contributed by atoms with Crippen molar-refractivity contribution in [3.8, 4) is 0 Å². The molecule has 110 valence electrons. The van der Waals surface area contributed by atoms with Crippen LogP contribution in [0.5, 0.6) is 0 Å². The lowest BCUT2D eigenvalue weighted by Gasteiger charge is -2.43. The van der Waals surface area contributed by atoms with E-state index >= 15 is 0 Å². The lowest BCUT2D eigenvalue weighted by atomic mass is 9.79. The zero-order valence-corrected chi connectivity index (χ0v) is 12.4. The van der Waals surface area contributed by atoms with Gasteiger partial charge in [0.05, 0.1) is 5.92 Å². The molecule has 0 amide bonds. The van der Waals surface area contributed by atoms with Crippen LogP contribution < -0.4 is 0 Å². The predicted octanol–water partition coefficient (Wildman–Crippen LogP) is 3.03. The lowest BCUT2D eigenvalue weighted by Crippen LogP contribution is -2.46. The molecule has 0 saturated carbocycles. The molecule has 4 nitrogen and oxygen atoms in total. The molecule has 1 aromatic carbocycles. The van der Waals surface area contributed by atoms with Gasteiger partial charge in [0.1, 0.15) is 0 Å². The molecule has 4 heterocycles. The summed E-state index contributed by atoms with van der Waals surface area (Å²) < 4.78 is 5.61. The quantitative estimate of drug-likeness (QED) is 0.868. The van der Waals surface area contributed by atoms with Crippen LogP contribution in [0.3, 0.4) is 0 Å². The SMILES string of the molecule is CC(c1ccccc1)c1noc(C2CN3CCC2CC3)n1. The molecule has 0 spiro atoms. The van der Waals surface area contributed by atoms with Crippen LogP contribution in [0.15, 0.2) is 34.9 Å². The van der Waals surface area contributed by atoms with Crippen LogP contribution in [0, 0.1) is 5.92 Å². The van der Waals surface area contributed by atoms with E-state index in [2.05, 4.69) is 41.2 Å². The van der Waals surface area contributed by atoms with Crippen LogP contribution in [-0.2, 0) is 0 Å². The highest BCUT2D eigenvalue weighted by molar-refractivity contribution is 5.24. The highest BCUT2D eigenvalue weighted by Gasteiger charge is 2.38. The highest BCUT2D eigenvalue weighted by atomic mass is 16.5. The van der Waals surface area contributed by atoms with Crippen LogP contribution in [0.1, 0.15) is 48.9 Å². The van der Waals surface area contributed by atoms with Crippen LogP contribution in [0.2, 0.25) is 0 Å². The van der Waals surface area contributed by atoms with E-state index in [1.807, 2.05) is 6.07 Å². The van der Waals surface area contributed by atoms with Gasteiger partial charge in [0, 0.05) is 12.5 Å². The molecule has 3 fully saturated rings. The molecule has 2 bridgehead atoms. The molecule has 0 N–H and O–H groups in total. The van der Waals surface area contributed by atoms with Crippen LogP contribution in [0.4, 0.5) is 0 Å². The number of fused-ring (bicyclic) bond motifs is 3. The Morgan fingerprint density at radius 1 is 1.19 bits per heavy atom. The van der Waals surface area contributed by atoms with Crippen molar-refractivity contribution in [3.63, 3.8) is 0 Å². The number of aromatic nitrogens is 2. The third kappa shape index (κ3) is 2.38. The van der Waals surface area contributed by atoms with E-state index in [1.165, 1.54) is 31.5 Å². The second-order valence-corrected chi connectivity index (χ2v) is 6.37. The van der Waals surface area contributed by atoms with Gasteiger partial charge in [0.2, 0.25) is 5.89 Å². The first-order chi connectivity index (χ1) is 10.3. The van der Waals surface area contributed by atoms with E-state index < -0.39 is 0 Å². The predicted molar refractivity (Wildman–Crippen MR) is 80.2 cm³/mol. The topological polar surface area (TPSA) is 42.2 Å². The Labute approximate surface area is 125 Å². The van der Waals surface area contributed by atoms with Gasteiger partial charge in [-0.3, -0.25) is 0 Å². The summed E-state index contributed by atoms with van der Waals surface area (Å²) in [4.78, 5) is 7.25. The monoisotopic (exact) mass is 283 g/mol. The molecule has 0 radical (unpaired) electrons. The zero-order chi connectivity index (χ0) is 14.2. The molecular formula is C17H21N3O. The first-order valence-electron chi connectivity index (χ1n) is 7.92. The van der Waals surface area contributed by atoms with E-state index in [9.17, 15) is 0 Å².